The molecule has 1 aromatic heterocycles. The Labute approximate surface area is 125 Å². The first kappa shape index (κ1) is 13.8. The highest BCUT2D eigenvalue weighted by atomic mass is 16.4. The molecule has 0 radical (unpaired) electrons. The summed E-state index contributed by atoms with van der Waals surface area (Å²) in [5, 5.41) is 19.2. The maximum atomic E-state index is 12.4. The lowest BCUT2D eigenvalue weighted by Crippen LogP contribution is -2.15. The molecule has 2 aromatic carbocycles. The fourth-order valence-corrected chi connectivity index (χ4v) is 2.28. The van der Waals surface area contributed by atoms with Gasteiger partial charge in [0.2, 0.25) is 0 Å². The molecule has 3 rings (SSSR count). The molecule has 0 aliphatic carbocycles. The molecule has 3 aromatic rings. The second kappa shape index (κ2) is 5.69. The van der Waals surface area contributed by atoms with Crippen LogP contribution >= 0.6 is 0 Å². The standard InChI is InChI=1S/C16H13N3O3/c20-14(21)9-10-5-1-3-7-12(10)17-16(22)15-11-6-2-4-8-13(11)18-19-15/h1-8H,9H2,(H,17,22)(H,18,19)(H,20,21). The molecular formula is C16H13N3O3. The maximum absolute atomic E-state index is 12.4. The van der Waals surface area contributed by atoms with E-state index < -0.39 is 5.97 Å². The lowest BCUT2D eigenvalue weighted by atomic mass is 10.1. The molecule has 6 nitrogen and oxygen atoms in total. The number of anilines is 1. The fourth-order valence-electron chi connectivity index (χ4n) is 2.28. The molecule has 1 amide bonds. The predicted molar refractivity (Wildman–Crippen MR) is 81.8 cm³/mol. The van der Waals surface area contributed by atoms with Crippen molar-refractivity contribution in [2.24, 2.45) is 0 Å². The Morgan fingerprint density at radius 2 is 1.82 bits per heavy atom. The summed E-state index contributed by atoms with van der Waals surface area (Å²) in [6, 6.07) is 14.1. The van der Waals surface area contributed by atoms with Crippen LogP contribution < -0.4 is 5.32 Å². The first-order valence-electron chi connectivity index (χ1n) is 6.69. The number of para-hydroxylation sites is 2. The zero-order chi connectivity index (χ0) is 15.5. The summed E-state index contributed by atoms with van der Waals surface area (Å²) in [5.41, 5.74) is 2.07. The third-order valence-corrected chi connectivity index (χ3v) is 3.29. The van der Waals surface area contributed by atoms with E-state index in [1.165, 1.54) is 0 Å². The van der Waals surface area contributed by atoms with Crippen LogP contribution in [-0.2, 0) is 11.2 Å². The average Bonchev–Trinajstić information content (AvgIpc) is 2.93. The topological polar surface area (TPSA) is 95.1 Å². The molecule has 22 heavy (non-hydrogen) atoms. The van der Waals surface area contributed by atoms with Gasteiger partial charge in [-0.3, -0.25) is 14.7 Å². The molecule has 0 atom stereocenters. The van der Waals surface area contributed by atoms with Crippen molar-refractivity contribution in [1.82, 2.24) is 10.2 Å². The van der Waals surface area contributed by atoms with Crippen LogP contribution in [0.1, 0.15) is 16.1 Å². The Balaban J connectivity index is 1.90. The number of hydrogen-bond acceptors (Lipinski definition) is 3. The number of aromatic amines is 1. The summed E-state index contributed by atoms with van der Waals surface area (Å²) in [7, 11) is 0. The van der Waals surface area contributed by atoms with E-state index in [0.717, 1.165) is 10.9 Å². The van der Waals surface area contributed by atoms with Crippen LogP contribution in [0.5, 0.6) is 0 Å². The number of fused-ring (bicyclic) bond motifs is 1. The largest absolute Gasteiger partial charge is 0.481 e. The number of carbonyl (C=O) groups excluding carboxylic acids is 1. The van der Waals surface area contributed by atoms with Crippen molar-refractivity contribution < 1.29 is 14.7 Å². The molecule has 0 aliphatic rings. The van der Waals surface area contributed by atoms with Gasteiger partial charge in [-0.1, -0.05) is 36.4 Å². The number of aromatic nitrogens is 2. The molecule has 0 bridgehead atoms. The Hall–Kier alpha value is -3.15. The van der Waals surface area contributed by atoms with Crippen molar-refractivity contribution in [3.63, 3.8) is 0 Å². The molecule has 0 spiro atoms. The van der Waals surface area contributed by atoms with Crippen LogP contribution in [0, 0.1) is 0 Å². The van der Waals surface area contributed by atoms with E-state index in [4.69, 9.17) is 5.11 Å². The summed E-state index contributed by atoms with van der Waals surface area (Å²) in [5.74, 6) is -1.33. The molecule has 0 fully saturated rings. The molecular weight excluding hydrogens is 282 g/mol. The van der Waals surface area contributed by atoms with Crippen molar-refractivity contribution in [3.05, 3.63) is 59.8 Å². The molecule has 0 aliphatic heterocycles. The monoisotopic (exact) mass is 295 g/mol. The predicted octanol–water partition coefficient (Wildman–Crippen LogP) is 2.44. The minimum atomic E-state index is -0.952. The van der Waals surface area contributed by atoms with Crippen LogP contribution in [0.3, 0.4) is 0 Å². The van der Waals surface area contributed by atoms with Crippen molar-refractivity contribution in [2.75, 3.05) is 5.32 Å². The van der Waals surface area contributed by atoms with Gasteiger partial charge in [-0.25, -0.2) is 0 Å². The molecule has 110 valence electrons. The van der Waals surface area contributed by atoms with Crippen LogP contribution in [0.25, 0.3) is 10.9 Å². The van der Waals surface area contributed by atoms with Gasteiger partial charge in [-0.15, -0.1) is 0 Å². The second-order valence-corrected chi connectivity index (χ2v) is 4.80. The Morgan fingerprint density at radius 1 is 1.09 bits per heavy atom. The van der Waals surface area contributed by atoms with Crippen molar-refractivity contribution in [1.29, 1.82) is 0 Å². The van der Waals surface area contributed by atoms with Crippen molar-refractivity contribution in [3.8, 4) is 0 Å². The first-order valence-corrected chi connectivity index (χ1v) is 6.69. The van der Waals surface area contributed by atoms with Gasteiger partial charge in [0.25, 0.3) is 5.91 Å². The number of aliphatic carboxylic acids is 1. The lowest BCUT2D eigenvalue weighted by molar-refractivity contribution is -0.136. The van der Waals surface area contributed by atoms with Gasteiger partial charge in [-0.2, -0.15) is 5.10 Å². The third kappa shape index (κ3) is 2.67. The highest BCUT2D eigenvalue weighted by molar-refractivity contribution is 6.11. The van der Waals surface area contributed by atoms with E-state index in [1.807, 2.05) is 18.2 Å². The summed E-state index contributed by atoms with van der Waals surface area (Å²) in [6.07, 6.45) is -0.155. The van der Waals surface area contributed by atoms with Gasteiger partial charge in [0.1, 0.15) is 0 Å². The normalized spacial score (nSPS) is 10.5. The SMILES string of the molecule is O=C(O)Cc1ccccc1NC(=O)c1n[nH]c2ccccc12. The number of rotatable bonds is 4. The second-order valence-electron chi connectivity index (χ2n) is 4.80. The van der Waals surface area contributed by atoms with Gasteiger partial charge >= 0.3 is 5.97 Å². The minimum absolute atomic E-state index is 0.155. The number of amides is 1. The zero-order valence-corrected chi connectivity index (χ0v) is 11.5. The summed E-state index contributed by atoms with van der Waals surface area (Å²) < 4.78 is 0. The van der Waals surface area contributed by atoms with E-state index in [-0.39, 0.29) is 18.0 Å². The van der Waals surface area contributed by atoms with Crippen molar-refractivity contribution >= 4 is 28.5 Å². The van der Waals surface area contributed by atoms with E-state index in [0.29, 0.717) is 11.3 Å². The molecule has 0 unspecified atom stereocenters. The highest BCUT2D eigenvalue weighted by Gasteiger charge is 2.15. The van der Waals surface area contributed by atoms with Crippen LogP contribution in [-0.4, -0.2) is 27.2 Å². The summed E-state index contributed by atoms with van der Waals surface area (Å²) >= 11 is 0. The van der Waals surface area contributed by atoms with E-state index in [1.54, 1.807) is 30.3 Å². The van der Waals surface area contributed by atoms with Gasteiger partial charge < -0.3 is 10.4 Å². The van der Waals surface area contributed by atoms with Crippen LogP contribution in [0.15, 0.2) is 48.5 Å². The quantitative estimate of drug-likeness (QED) is 0.689. The number of carboxylic acids is 1. The number of benzene rings is 2. The first-order chi connectivity index (χ1) is 10.6. The van der Waals surface area contributed by atoms with Crippen LogP contribution in [0.4, 0.5) is 5.69 Å². The number of carbonyl (C=O) groups is 2. The lowest BCUT2D eigenvalue weighted by Gasteiger charge is -2.08. The smallest absolute Gasteiger partial charge is 0.307 e. The minimum Gasteiger partial charge on any atom is -0.481 e. The molecule has 6 heteroatoms. The van der Waals surface area contributed by atoms with Gasteiger partial charge in [-0.05, 0) is 17.7 Å². The number of hydrogen-bond donors (Lipinski definition) is 3. The number of nitrogens with zero attached hydrogens (tertiary/aromatic N) is 1. The number of carboxylic acid groups (broad SMARTS) is 1. The Morgan fingerprint density at radius 3 is 2.64 bits per heavy atom. The third-order valence-electron chi connectivity index (χ3n) is 3.29. The van der Waals surface area contributed by atoms with E-state index in [2.05, 4.69) is 15.5 Å². The fraction of sp³-hybridized carbons (Fsp3) is 0.0625. The summed E-state index contributed by atoms with van der Waals surface area (Å²) in [6.45, 7) is 0. The Kier molecular flexibility index (Phi) is 3.57. The van der Waals surface area contributed by atoms with Crippen molar-refractivity contribution in [2.45, 2.75) is 6.42 Å². The Bertz CT molecular complexity index is 854. The maximum Gasteiger partial charge on any atom is 0.307 e. The summed E-state index contributed by atoms with van der Waals surface area (Å²) in [4.78, 5) is 23.3. The number of H-pyrrole nitrogens is 1. The molecule has 0 saturated carbocycles. The van der Waals surface area contributed by atoms with Crippen LogP contribution in [0.2, 0.25) is 0 Å². The zero-order valence-electron chi connectivity index (χ0n) is 11.5. The van der Waals surface area contributed by atoms with Gasteiger partial charge in [0, 0.05) is 11.1 Å². The number of nitrogens with one attached hydrogen (secondary N) is 2. The molecule has 0 saturated heterocycles. The average molecular weight is 295 g/mol. The van der Waals surface area contributed by atoms with E-state index >= 15 is 0 Å². The van der Waals surface area contributed by atoms with Gasteiger partial charge in [0.15, 0.2) is 5.69 Å². The molecule has 1 heterocycles. The van der Waals surface area contributed by atoms with E-state index in [9.17, 15) is 9.59 Å². The molecule has 3 N–H and O–H groups in total. The van der Waals surface area contributed by atoms with Gasteiger partial charge in [0.05, 0.1) is 11.9 Å². The highest BCUT2D eigenvalue weighted by Crippen LogP contribution is 2.19.